The number of carbonyl (C=O) groups is 2. The molecule has 2 heterocycles. The maximum Gasteiger partial charge on any atom is 0.273 e. The van der Waals surface area contributed by atoms with Crippen molar-refractivity contribution >= 4 is 28.8 Å². The van der Waals surface area contributed by atoms with Gasteiger partial charge in [0.2, 0.25) is 0 Å². The lowest BCUT2D eigenvalue weighted by Crippen LogP contribution is -2.26. The highest BCUT2D eigenvalue weighted by Crippen LogP contribution is 2.36. The third-order valence-electron chi connectivity index (χ3n) is 5.07. The van der Waals surface area contributed by atoms with Crippen molar-refractivity contribution in [2.45, 2.75) is 13.0 Å². The van der Waals surface area contributed by atoms with Crippen LogP contribution in [0.5, 0.6) is 16.7 Å². The molecule has 0 spiro atoms. The van der Waals surface area contributed by atoms with Crippen molar-refractivity contribution in [1.29, 1.82) is 0 Å². The van der Waals surface area contributed by atoms with E-state index in [0.717, 1.165) is 17.8 Å². The largest absolute Gasteiger partial charge is 0.470 e. The van der Waals surface area contributed by atoms with E-state index in [4.69, 9.17) is 9.47 Å². The Hall–Kier alpha value is -3.43. The summed E-state index contributed by atoms with van der Waals surface area (Å²) in [7, 11) is 5.78. The van der Waals surface area contributed by atoms with Crippen molar-refractivity contribution in [2.24, 2.45) is 0 Å². The second kappa shape index (κ2) is 10.0. The fraction of sp³-hybridized carbons (Fsp3) is 0.292. The van der Waals surface area contributed by atoms with E-state index in [-0.39, 0.29) is 11.8 Å². The molecule has 4 rings (SSSR count). The summed E-state index contributed by atoms with van der Waals surface area (Å²) in [6, 6.07) is 12.1. The average Bonchev–Trinajstić information content (AvgIpc) is 3.18. The molecule has 2 aromatic carbocycles. The Morgan fingerprint density at radius 1 is 1.15 bits per heavy atom. The number of fused-ring (bicyclic) bond motifs is 2. The van der Waals surface area contributed by atoms with E-state index in [1.165, 1.54) is 11.3 Å². The molecule has 1 aromatic heterocycles. The van der Waals surface area contributed by atoms with Gasteiger partial charge in [0.25, 0.3) is 17.0 Å². The molecule has 33 heavy (non-hydrogen) atoms. The summed E-state index contributed by atoms with van der Waals surface area (Å²) >= 11 is 1.43. The maximum atomic E-state index is 13.0. The molecule has 0 saturated heterocycles. The molecule has 0 unspecified atom stereocenters. The summed E-state index contributed by atoms with van der Waals surface area (Å²) in [6.45, 7) is 1.96. The van der Waals surface area contributed by atoms with E-state index in [1.807, 2.05) is 20.2 Å². The minimum Gasteiger partial charge on any atom is -0.470 e. The Morgan fingerprint density at radius 3 is 2.79 bits per heavy atom. The molecule has 2 amide bonds. The van der Waals surface area contributed by atoms with Crippen LogP contribution in [0.4, 0.5) is 5.69 Å². The molecule has 8 nitrogen and oxygen atoms in total. The number of nitrogens with one attached hydrogen (secondary N) is 1. The third kappa shape index (κ3) is 5.50. The van der Waals surface area contributed by atoms with Crippen molar-refractivity contribution in [1.82, 2.24) is 14.8 Å². The average molecular weight is 467 g/mol. The number of nitrogens with zero attached hydrogens (tertiary/aromatic N) is 3. The highest BCUT2D eigenvalue weighted by atomic mass is 32.1. The number of anilines is 1. The number of aromatic nitrogens is 1. The van der Waals surface area contributed by atoms with Gasteiger partial charge in [0.1, 0.15) is 5.75 Å². The second-order valence-electron chi connectivity index (χ2n) is 8.02. The van der Waals surface area contributed by atoms with Gasteiger partial charge in [-0.05, 0) is 50.8 Å². The number of carbonyl (C=O) groups excluding carboxylic acids is 2. The molecular weight excluding hydrogens is 440 g/mol. The van der Waals surface area contributed by atoms with E-state index in [1.54, 1.807) is 54.5 Å². The Kier molecular flexibility index (Phi) is 6.90. The fourth-order valence-corrected chi connectivity index (χ4v) is 4.23. The molecule has 1 aliphatic rings. The lowest BCUT2D eigenvalue weighted by atomic mass is 10.1. The molecule has 0 radical (unpaired) electrons. The summed E-state index contributed by atoms with van der Waals surface area (Å²) in [4.78, 5) is 34.5. The zero-order chi connectivity index (χ0) is 23.4. The van der Waals surface area contributed by atoms with E-state index in [2.05, 4.69) is 15.2 Å². The van der Waals surface area contributed by atoms with Crippen LogP contribution >= 0.6 is 11.3 Å². The quantitative estimate of drug-likeness (QED) is 0.503. The van der Waals surface area contributed by atoms with Gasteiger partial charge in [-0.15, -0.1) is 0 Å². The van der Waals surface area contributed by atoms with Crippen LogP contribution in [0.15, 0.2) is 48.7 Å². The Balaban J connectivity index is 1.40. The number of thiazole rings is 1. The molecule has 0 atom stereocenters. The Labute approximate surface area is 196 Å². The Bertz CT molecular complexity index is 1160. The van der Waals surface area contributed by atoms with Crippen LogP contribution in [0.1, 0.15) is 32.0 Å². The van der Waals surface area contributed by atoms with E-state index in [9.17, 15) is 9.59 Å². The lowest BCUT2D eigenvalue weighted by molar-refractivity contribution is 0.0786. The van der Waals surface area contributed by atoms with Crippen LogP contribution in [0.2, 0.25) is 0 Å². The van der Waals surface area contributed by atoms with Gasteiger partial charge >= 0.3 is 0 Å². The predicted molar refractivity (Wildman–Crippen MR) is 127 cm³/mol. The lowest BCUT2D eigenvalue weighted by Gasteiger charge is -2.17. The zero-order valence-electron chi connectivity index (χ0n) is 18.8. The Morgan fingerprint density at radius 2 is 1.97 bits per heavy atom. The molecule has 9 heteroatoms. The number of hydrogen-bond donors (Lipinski definition) is 1. The standard InChI is InChI=1S/C24H26N4O4S/c1-27(2)11-6-12-31-24-25-14-17(33-24)15-28(3)23(30)16-9-10-21-19(13-16)26-22(29)18-7-4-5-8-20(18)32-21/h4-5,7-10,13-14H,6,11-12,15H2,1-3H3,(H,26,29). The molecule has 0 bridgehead atoms. The van der Waals surface area contributed by atoms with E-state index < -0.39 is 0 Å². The first-order chi connectivity index (χ1) is 15.9. The van der Waals surface area contributed by atoms with Gasteiger partial charge in [0, 0.05) is 30.2 Å². The number of ether oxygens (including phenoxy) is 2. The predicted octanol–water partition coefficient (Wildman–Crippen LogP) is 4.10. The van der Waals surface area contributed by atoms with Crippen LogP contribution < -0.4 is 14.8 Å². The molecule has 0 aliphatic carbocycles. The molecule has 172 valence electrons. The van der Waals surface area contributed by atoms with Gasteiger partial charge in [0.05, 0.1) is 24.4 Å². The summed E-state index contributed by atoms with van der Waals surface area (Å²) in [5, 5.41) is 3.44. The summed E-state index contributed by atoms with van der Waals surface area (Å²) < 4.78 is 11.6. The van der Waals surface area contributed by atoms with Crippen LogP contribution in [0, 0.1) is 0 Å². The van der Waals surface area contributed by atoms with Crippen LogP contribution in [-0.4, -0.2) is 60.9 Å². The topological polar surface area (TPSA) is 84.0 Å². The van der Waals surface area contributed by atoms with Crippen molar-refractivity contribution < 1.29 is 19.1 Å². The van der Waals surface area contributed by atoms with Gasteiger partial charge in [0.15, 0.2) is 5.75 Å². The monoisotopic (exact) mass is 466 g/mol. The zero-order valence-corrected chi connectivity index (χ0v) is 19.6. The highest BCUT2D eigenvalue weighted by molar-refractivity contribution is 7.13. The van der Waals surface area contributed by atoms with Crippen LogP contribution in [0.3, 0.4) is 0 Å². The molecule has 1 N–H and O–H groups in total. The first-order valence-electron chi connectivity index (χ1n) is 10.6. The number of benzene rings is 2. The number of hydrogen-bond acceptors (Lipinski definition) is 7. The smallest absolute Gasteiger partial charge is 0.273 e. The minimum atomic E-state index is -0.273. The van der Waals surface area contributed by atoms with E-state index >= 15 is 0 Å². The molecular formula is C24H26N4O4S. The normalized spacial score (nSPS) is 12.3. The van der Waals surface area contributed by atoms with Crippen molar-refractivity contribution in [3.05, 3.63) is 64.7 Å². The van der Waals surface area contributed by atoms with Gasteiger partial charge < -0.3 is 24.6 Å². The maximum absolute atomic E-state index is 13.0. The van der Waals surface area contributed by atoms with Crippen LogP contribution in [0.25, 0.3) is 0 Å². The van der Waals surface area contributed by atoms with Gasteiger partial charge in [-0.25, -0.2) is 4.98 Å². The highest BCUT2D eigenvalue weighted by Gasteiger charge is 2.22. The third-order valence-corrected chi connectivity index (χ3v) is 5.97. The van der Waals surface area contributed by atoms with Gasteiger partial charge in [-0.2, -0.15) is 0 Å². The SMILES string of the molecule is CN(C)CCCOc1ncc(CN(C)C(=O)c2ccc3c(c2)NC(=O)c2ccccc2O3)s1. The summed E-state index contributed by atoms with van der Waals surface area (Å²) in [6.07, 6.45) is 2.65. The van der Waals surface area contributed by atoms with Crippen LogP contribution in [-0.2, 0) is 6.54 Å². The first-order valence-corrected chi connectivity index (χ1v) is 11.4. The number of rotatable bonds is 8. The number of para-hydroxylation sites is 1. The minimum absolute atomic E-state index is 0.171. The molecule has 1 aliphatic heterocycles. The number of amides is 2. The van der Waals surface area contributed by atoms with Gasteiger partial charge in [-0.1, -0.05) is 23.5 Å². The first kappa shape index (κ1) is 22.8. The molecule has 3 aromatic rings. The molecule has 0 fully saturated rings. The van der Waals surface area contributed by atoms with Gasteiger partial charge in [-0.3, -0.25) is 9.59 Å². The summed E-state index contributed by atoms with van der Waals surface area (Å²) in [5.41, 5.74) is 1.36. The summed E-state index contributed by atoms with van der Waals surface area (Å²) in [5.74, 6) is 0.529. The second-order valence-corrected chi connectivity index (χ2v) is 9.10. The van der Waals surface area contributed by atoms with Crippen molar-refractivity contribution in [3.8, 4) is 16.7 Å². The fourth-order valence-electron chi connectivity index (χ4n) is 3.40. The molecule has 0 saturated carbocycles. The van der Waals surface area contributed by atoms with Crippen molar-refractivity contribution in [3.63, 3.8) is 0 Å². The van der Waals surface area contributed by atoms with Crippen molar-refractivity contribution in [2.75, 3.05) is 39.6 Å². The van der Waals surface area contributed by atoms with E-state index in [0.29, 0.717) is 46.7 Å².